The quantitative estimate of drug-likeness (QED) is 0.811. The molecule has 0 fully saturated rings. The van der Waals surface area contributed by atoms with Crippen molar-refractivity contribution in [2.75, 3.05) is 7.11 Å². The predicted molar refractivity (Wildman–Crippen MR) is 60.9 cm³/mol. The second-order valence-electron chi connectivity index (χ2n) is 3.79. The predicted octanol–water partition coefficient (Wildman–Crippen LogP) is 0.713. The van der Waals surface area contributed by atoms with E-state index in [1.807, 2.05) is 0 Å². The van der Waals surface area contributed by atoms with Crippen molar-refractivity contribution in [2.24, 2.45) is 0 Å². The lowest BCUT2D eigenvalue weighted by Gasteiger charge is -1.96. The molecule has 0 aromatic carbocycles. The van der Waals surface area contributed by atoms with Gasteiger partial charge >= 0.3 is 11.9 Å². The molecule has 0 aliphatic carbocycles. The van der Waals surface area contributed by atoms with Crippen LogP contribution in [0.25, 0.3) is 0 Å². The monoisotopic (exact) mass is 265 g/mol. The average molecular weight is 265 g/mol. The minimum absolute atomic E-state index is 0.0655. The van der Waals surface area contributed by atoms with Crippen LogP contribution in [0, 0.1) is 6.92 Å². The average Bonchev–Trinajstić information content (AvgIpc) is 2.95. The van der Waals surface area contributed by atoms with E-state index in [1.54, 1.807) is 13.0 Å². The molecule has 0 amide bonds. The molecular weight excluding hydrogens is 254 g/mol. The zero-order valence-electron chi connectivity index (χ0n) is 10.3. The Morgan fingerprint density at radius 2 is 2.26 bits per heavy atom. The SMILES string of the molecule is COC(=O)c1ncn(Cc2cc(C)c(C(=O)O)o2)n1. The fraction of sp³-hybridized carbons (Fsp3) is 0.273. The van der Waals surface area contributed by atoms with Crippen LogP contribution in [0.2, 0.25) is 0 Å². The molecule has 1 N–H and O–H groups in total. The summed E-state index contributed by atoms with van der Waals surface area (Å²) in [5, 5.41) is 12.7. The van der Waals surface area contributed by atoms with Crippen LogP contribution >= 0.6 is 0 Å². The molecule has 100 valence electrons. The highest BCUT2D eigenvalue weighted by Gasteiger charge is 2.16. The Hall–Kier alpha value is -2.64. The van der Waals surface area contributed by atoms with E-state index in [1.165, 1.54) is 18.1 Å². The highest BCUT2D eigenvalue weighted by Crippen LogP contribution is 2.15. The molecule has 0 saturated heterocycles. The van der Waals surface area contributed by atoms with Gasteiger partial charge in [-0.15, -0.1) is 5.10 Å². The van der Waals surface area contributed by atoms with E-state index in [-0.39, 0.29) is 18.1 Å². The normalized spacial score (nSPS) is 10.4. The molecule has 8 heteroatoms. The fourth-order valence-corrected chi connectivity index (χ4v) is 1.55. The van der Waals surface area contributed by atoms with Gasteiger partial charge in [0.1, 0.15) is 18.6 Å². The van der Waals surface area contributed by atoms with Gasteiger partial charge in [0, 0.05) is 5.56 Å². The molecule has 0 spiro atoms. The number of furan rings is 1. The van der Waals surface area contributed by atoms with Crippen LogP contribution < -0.4 is 0 Å². The molecular formula is C11H11N3O5. The van der Waals surface area contributed by atoms with E-state index in [9.17, 15) is 9.59 Å². The zero-order valence-corrected chi connectivity index (χ0v) is 10.3. The van der Waals surface area contributed by atoms with Crippen molar-refractivity contribution >= 4 is 11.9 Å². The van der Waals surface area contributed by atoms with Crippen LogP contribution in [0.15, 0.2) is 16.8 Å². The van der Waals surface area contributed by atoms with Crippen molar-refractivity contribution in [3.05, 3.63) is 35.3 Å². The molecule has 19 heavy (non-hydrogen) atoms. The molecule has 8 nitrogen and oxygen atoms in total. The van der Waals surface area contributed by atoms with Gasteiger partial charge in [0.05, 0.1) is 7.11 Å². The lowest BCUT2D eigenvalue weighted by Crippen LogP contribution is -2.06. The van der Waals surface area contributed by atoms with E-state index < -0.39 is 11.9 Å². The number of carboxylic acids is 1. The second kappa shape index (κ2) is 4.92. The Morgan fingerprint density at radius 1 is 1.53 bits per heavy atom. The van der Waals surface area contributed by atoms with Crippen LogP contribution in [0.3, 0.4) is 0 Å². The van der Waals surface area contributed by atoms with E-state index in [0.29, 0.717) is 11.3 Å². The maximum Gasteiger partial charge on any atom is 0.377 e. The first kappa shape index (κ1) is 12.8. The number of aryl methyl sites for hydroxylation is 1. The topological polar surface area (TPSA) is 107 Å². The number of rotatable bonds is 4. The number of carbonyl (C=O) groups is 2. The Balaban J connectivity index is 2.17. The van der Waals surface area contributed by atoms with E-state index in [0.717, 1.165) is 0 Å². The largest absolute Gasteiger partial charge is 0.475 e. The highest BCUT2D eigenvalue weighted by atomic mass is 16.5. The number of nitrogens with zero attached hydrogens (tertiary/aromatic N) is 3. The number of ether oxygens (including phenoxy) is 1. The number of carbonyl (C=O) groups excluding carboxylic acids is 1. The first-order valence-electron chi connectivity index (χ1n) is 5.31. The smallest absolute Gasteiger partial charge is 0.377 e. The summed E-state index contributed by atoms with van der Waals surface area (Å²) >= 11 is 0. The van der Waals surface area contributed by atoms with E-state index in [2.05, 4.69) is 14.8 Å². The van der Waals surface area contributed by atoms with Crippen molar-refractivity contribution in [3.8, 4) is 0 Å². The lowest BCUT2D eigenvalue weighted by atomic mass is 10.2. The Morgan fingerprint density at radius 3 is 2.84 bits per heavy atom. The lowest BCUT2D eigenvalue weighted by molar-refractivity contribution is 0.0585. The van der Waals surface area contributed by atoms with Crippen molar-refractivity contribution < 1.29 is 23.8 Å². The van der Waals surface area contributed by atoms with Gasteiger partial charge in [0.15, 0.2) is 0 Å². The minimum atomic E-state index is -1.13. The third kappa shape index (κ3) is 2.62. The van der Waals surface area contributed by atoms with Crippen molar-refractivity contribution in [3.63, 3.8) is 0 Å². The van der Waals surface area contributed by atoms with Crippen LogP contribution in [0.1, 0.15) is 32.5 Å². The summed E-state index contributed by atoms with van der Waals surface area (Å²) in [6.45, 7) is 1.82. The summed E-state index contributed by atoms with van der Waals surface area (Å²) in [4.78, 5) is 25.8. The summed E-state index contributed by atoms with van der Waals surface area (Å²) in [6, 6.07) is 1.60. The van der Waals surface area contributed by atoms with Crippen molar-refractivity contribution in [2.45, 2.75) is 13.5 Å². The Bertz CT molecular complexity index is 628. The van der Waals surface area contributed by atoms with Crippen LogP contribution in [0.4, 0.5) is 0 Å². The number of esters is 1. The molecule has 0 aliphatic rings. The summed E-state index contributed by atoms with van der Waals surface area (Å²) in [6.07, 6.45) is 1.34. The molecule has 0 unspecified atom stereocenters. The standard InChI is InChI=1S/C11H11N3O5/c1-6-3-7(19-8(6)10(15)16)4-14-5-12-9(13-14)11(17)18-2/h3,5H,4H2,1-2H3,(H,15,16). The van der Waals surface area contributed by atoms with Gasteiger partial charge in [-0.1, -0.05) is 0 Å². The molecule has 2 heterocycles. The molecule has 0 atom stereocenters. The number of methoxy groups -OCH3 is 1. The molecule has 2 rings (SSSR count). The van der Waals surface area contributed by atoms with E-state index >= 15 is 0 Å². The van der Waals surface area contributed by atoms with Gasteiger partial charge in [-0.25, -0.2) is 19.3 Å². The summed E-state index contributed by atoms with van der Waals surface area (Å²) in [5.41, 5.74) is 0.524. The second-order valence-corrected chi connectivity index (χ2v) is 3.79. The number of hydrogen-bond acceptors (Lipinski definition) is 6. The molecule has 0 saturated carbocycles. The maximum absolute atomic E-state index is 11.2. The van der Waals surface area contributed by atoms with Gasteiger partial charge in [0.2, 0.25) is 5.76 Å². The highest BCUT2D eigenvalue weighted by molar-refractivity contribution is 5.86. The van der Waals surface area contributed by atoms with Gasteiger partial charge in [-0.3, -0.25) is 0 Å². The maximum atomic E-state index is 11.2. The summed E-state index contributed by atoms with van der Waals surface area (Å²) in [5.74, 6) is -1.53. The van der Waals surface area contributed by atoms with Gasteiger partial charge in [-0.2, -0.15) is 0 Å². The molecule has 0 bridgehead atoms. The fourth-order valence-electron chi connectivity index (χ4n) is 1.55. The van der Waals surface area contributed by atoms with Gasteiger partial charge in [0.25, 0.3) is 5.82 Å². The first-order valence-corrected chi connectivity index (χ1v) is 5.31. The number of hydrogen-bond donors (Lipinski definition) is 1. The zero-order chi connectivity index (χ0) is 14.0. The Kier molecular flexibility index (Phi) is 3.32. The molecule has 0 radical (unpaired) electrons. The summed E-state index contributed by atoms with van der Waals surface area (Å²) in [7, 11) is 1.23. The van der Waals surface area contributed by atoms with Crippen LogP contribution in [-0.4, -0.2) is 38.9 Å². The number of carboxylic acid groups (broad SMARTS) is 1. The van der Waals surface area contributed by atoms with Gasteiger partial charge < -0.3 is 14.3 Å². The summed E-state index contributed by atoms with van der Waals surface area (Å²) < 4.78 is 11.0. The van der Waals surface area contributed by atoms with Crippen LogP contribution in [0.5, 0.6) is 0 Å². The van der Waals surface area contributed by atoms with Crippen molar-refractivity contribution in [1.82, 2.24) is 14.8 Å². The van der Waals surface area contributed by atoms with E-state index in [4.69, 9.17) is 9.52 Å². The van der Waals surface area contributed by atoms with Crippen LogP contribution in [-0.2, 0) is 11.3 Å². The number of aromatic nitrogens is 3. The first-order chi connectivity index (χ1) is 9.01. The Labute approximate surface area is 107 Å². The van der Waals surface area contributed by atoms with Crippen molar-refractivity contribution in [1.29, 1.82) is 0 Å². The third-order valence-electron chi connectivity index (χ3n) is 2.39. The molecule has 2 aromatic rings. The molecule has 0 aliphatic heterocycles. The van der Waals surface area contributed by atoms with Gasteiger partial charge in [-0.05, 0) is 13.0 Å². The molecule has 2 aromatic heterocycles. The number of aromatic carboxylic acids is 1. The minimum Gasteiger partial charge on any atom is -0.475 e. The third-order valence-corrected chi connectivity index (χ3v) is 2.39.